The van der Waals surface area contributed by atoms with Crippen LogP contribution in [0.3, 0.4) is 0 Å². The summed E-state index contributed by atoms with van der Waals surface area (Å²) in [5, 5.41) is 0. The van der Waals surface area contributed by atoms with Gasteiger partial charge in [0, 0.05) is 0 Å². The first-order chi connectivity index (χ1) is 5.27. The Kier molecular flexibility index (Phi) is 3.13. The molecule has 0 aromatic rings. The van der Waals surface area contributed by atoms with Crippen LogP contribution in [-0.2, 0) is 24.6 Å². The predicted molar refractivity (Wildman–Crippen MR) is 36.8 cm³/mol. The van der Waals surface area contributed by atoms with Gasteiger partial charge in [0.25, 0.3) is 0 Å². The molecule has 61 valence electrons. The van der Waals surface area contributed by atoms with Gasteiger partial charge in [-0.2, -0.15) is 0 Å². The third kappa shape index (κ3) is 2.06. The fraction of sp³-hybridized carbons (Fsp3) is 0.571. The predicted octanol–water partition coefficient (Wildman–Crippen LogP) is 0.958. The summed E-state index contributed by atoms with van der Waals surface area (Å²) in [7, 11) is 0. The van der Waals surface area contributed by atoms with Crippen LogP contribution in [0.5, 0.6) is 0 Å². The molecule has 1 heterocycles. The third-order valence-corrected chi connectivity index (χ3v) is 2.40. The van der Waals surface area contributed by atoms with Crippen LogP contribution >= 0.6 is 0 Å². The van der Waals surface area contributed by atoms with Crippen LogP contribution < -0.4 is 0 Å². The average molecular weight is 236 g/mol. The molecule has 1 fully saturated rings. The minimum absolute atomic E-state index is 0.0900. The summed E-state index contributed by atoms with van der Waals surface area (Å²) in [6.45, 7) is 4.87. The summed E-state index contributed by atoms with van der Waals surface area (Å²) >= 11 is 1.94. The summed E-state index contributed by atoms with van der Waals surface area (Å²) in [5.74, 6) is 0. The van der Waals surface area contributed by atoms with E-state index in [1.165, 1.54) is 0 Å². The second-order valence-electron chi connectivity index (χ2n) is 2.37. The number of hydrogen-bond donors (Lipinski definition) is 0. The molecule has 0 N–H and O–H groups in total. The van der Waals surface area contributed by atoms with E-state index in [0.717, 1.165) is 4.81 Å². The van der Waals surface area contributed by atoms with Crippen molar-refractivity contribution >= 4 is 6.09 Å². The molecule has 1 aliphatic rings. The van der Waals surface area contributed by atoms with Crippen LogP contribution in [0, 0.1) is 0 Å². The standard InChI is InChI=1S/C7H10NO2.Mo/c1-3-4-8-5-6(2)10-7(8)9;/h3,6H,1-2,4-5H2;/t6-;/m1./s1. The Bertz CT molecular complexity index is 172. The summed E-state index contributed by atoms with van der Waals surface area (Å²) in [6, 6.07) is 0. The Hall–Kier alpha value is -0.302. The van der Waals surface area contributed by atoms with Crippen LogP contribution in [0.25, 0.3) is 0 Å². The molecule has 0 radical (unpaired) electrons. The molecule has 1 aliphatic heterocycles. The number of amides is 1. The van der Waals surface area contributed by atoms with Crippen molar-refractivity contribution < 1.29 is 29.3 Å². The summed E-state index contributed by atoms with van der Waals surface area (Å²) in [6.07, 6.45) is 1.59. The van der Waals surface area contributed by atoms with E-state index in [2.05, 4.69) is 6.58 Å². The molecule has 0 bridgehead atoms. The van der Waals surface area contributed by atoms with Crippen molar-refractivity contribution in [1.82, 2.24) is 4.90 Å². The van der Waals surface area contributed by atoms with Crippen LogP contribution in [0.2, 0.25) is 4.81 Å². The number of hydrogen-bond acceptors (Lipinski definition) is 2. The van der Waals surface area contributed by atoms with Gasteiger partial charge in [0.15, 0.2) is 0 Å². The Labute approximate surface area is 77.3 Å². The summed E-state index contributed by atoms with van der Waals surface area (Å²) < 4.78 is 5.02. The van der Waals surface area contributed by atoms with Crippen molar-refractivity contribution in [2.24, 2.45) is 0 Å². The molecule has 4 heteroatoms. The zero-order chi connectivity index (χ0) is 8.27. The zero-order valence-electron chi connectivity index (χ0n) is 6.16. The van der Waals surface area contributed by atoms with E-state index in [0.29, 0.717) is 13.1 Å². The fourth-order valence-corrected chi connectivity index (χ4v) is 1.39. The van der Waals surface area contributed by atoms with E-state index < -0.39 is 0 Å². The van der Waals surface area contributed by atoms with Gasteiger partial charge in [0.1, 0.15) is 0 Å². The number of carbonyl (C=O) groups excluding carboxylic acids is 1. The maximum absolute atomic E-state index is 11.0. The van der Waals surface area contributed by atoms with Gasteiger partial charge in [-0.3, -0.25) is 0 Å². The van der Waals surface area contributed by atoms with Crippen molar-refractivity contribution in [2.75, 3.05) is 13.1 Å². The summed E-state index contributed by atoms with van der Waals surface area (Å²) in [4.78, 5) is 13.5. The molecule has 0 unspecified atom stereocenters. The van der Waals surface area contributed by atoms with E-state index in [-0.39, 0.29) is 12.2 Å². The first-order valence-corrected chi connectivity index (χ1v) is 4.84. The number of cyclic esters (lactones) is 1. The zero-order valence-corrected chi connectivity index (χ0v) is 8.16. The average Bonchev–Trinajstić information content (AvgIpc) is 2.33. The van der Waals surface area contributed by atoms with Crippen LogP contribution in [-0.4, -0.2) is 30.2 Å². The molecule has 0 spiro atoms. The van der Waals surface area contributed by atoms with E-state index in [4.69, 9.17) is 4.74 Å². The Morgan fingerprint density at radius 1 is 1.91 bits per heavy atom. The van der Waals surface area contributed by atoms with Crippen molar-refractivity contribution in [2.45, 2.75) is 10.9 Å². The molecule has 0 aromatic heterocycles. The number of ether oxygens (including phenoxy) is 1. The monoisotopic (exact) mass is 238 g/mol. The number of rotatable bonds is 3. The molecule has 0 aliphatic carbocycles. The Morgan fingerprint density at radius 2 is 2.64 bits per heavy atom. The first kappa shape index (κ1) is 8.79. The molecular formula is C7H10MoNO2. The van der Waals surface area contributed by atoms with Gasteiger partial charge in [-0.25, -0.2) is 0 Å². The van der Waals surface area contributed by atoms with E-state index in [9.17, 15) is 4.79 Å². The summed E-state index contributed by atoms with van der Waals surface area (Å²) in [5.41, 5.74) is 0. The van der Waals surface area contributed by atoms with Crippen LogP contribution in [0.4, 0.5) is 4.79 Å². The SMILES string of the molecule is C=CCN1C[C@@H]([CH2][Mo])OC1=O. The van der Waals surface area contributed by atoms with Gasteiger partial charge in [-0.1, -0.05) is 0 Å². The van der Waals surface area contributed by atoms with Gasteiger partial charge >= 0.3 is 77.0 Å². The Balaban J connectivity index is 2.44. The van der Waals surface area contributed by atoms with Gasteiger partial charge in [0.05, 0.1) is 0 Å². The topological polar surface area (TPSA) is 29.5 Å². The van der Waals surface area contributed by atoms with Gasteiger partial charge in [-0.15, -0.1) is 0 Å². The quantitative estimate of drug-likeness (QED) is 0.539. The van der Waals surface area contributed by atoms with Crippen molar-refractivity contribution in [3.05, 3.63) is 12.7 Å². The second-order valence-corrected chi connectivity index (χ2v) is 3.19. The molecule has 1 saturated heterocycles. The molecule has 1 amide bonds. The van der Waals surface area contributed by atoms with E-state index >= 15 is 0 Å². The van der Waals surface area contributed by atoms with E-state index in [1.807, 2.05) is 19.8 Å². The van der Waals surface area contributed by atoms with E-state index in [1.54, 1.807) is 11.0 Å². The molecule has 1 rings (SSSR count). The third-order valence-electron chi connectivity index (χ3n) is 1.49. The van der Waals surface area contributed by atoms with Gasteiger partial charge < -0.3 is 0 Å². The molecule has 0 aromatic carbocycles. The first-order valence-electron chi connectivity index (χ1n) is 3.42. The van der Waals surface area contributed by atoms with Crippen LogP contribution in [0.1, 0.15) is 0 Å². The van der Waals surface area contributed by atoms with Crippen molar-refractivity contribution in [3.8, 4) is 0 Å². The maximum atomic E-state index is 11.0. The van der Waals surface area contributed by atoms with Gasteiger partial charge in [-0.05, 0) is 0 Å². The second kappa shape index (κ2) is 3.91. The molecule has 1 atom stereocenters. The Morgan fingerprint density at radius 3 is 3.09 bits per heavy atom. The number of nitrogens with zero attached hydrogens (tertiary/aromatic N) is 1. The molecule has 11 heavy (non-hydrogen) atoms. The van der Waals surface area contributed by atoms with Crippen LogP contribution in [0.15, 0.2) is 12.7 Å². The molecule has 3 nitrogen and oxygen atoms in total. The minimum atomic E-state index is -0.210. The fourth-order valence-electron chi connectivity index (χ4n) is 0.966. The van der Waals surface area contributed by atoms with Crippen molar-refractivity contribution in [3.63, 3.8) is 0 Å². The van der Waals surface area contributed by atoms with Gasteiger partial charge in [0.2, 0.25) is 0 Å². The normalized spacial score (nSPS) is 23.5. The molecule has 0 saturated carbocycles. The number of carbonyl (C=O) groups is 1. The molecular weight excluding hydrogens is 226 g/mol. The van der Waals surface area contributed by atoms with Crippen molar-refractivity contribution in [1.29, 1.82) is 0 Å².